The van der Waals surface area contributed by atoms with Gasteiger partial charge in [0.1, 0.15) is 0 Å². The second-order valence-electron chi connectivity index (χ2n) is 8.68. The summed E-state index contributed by atoms with van der Waals surface area (Å²) in [7, 11) is 0. The number of fused-ring (bicyclic) bond motifs is 1. The lowest BCUT2D eigenvalue weighted by Crippen LogP contribution is -2.47. The lowest BCUT2D eigenvalue weighted by molar-refractivity contribution is -0.132. The van der Waals surface area contributed by atoms with Crippen molar-refractivity contribution in [2.24, 2.45) is 0 Å². The van der Waals surface area contributed by atoms with Crippen LogP contribution in [0.5, 0.6) is 0 Å². The molecule has 3 aromatic rings. The Morgan fingerprint density at radius 1 is 1.06 bits per heavy atom. The number of hydrogen-bond donors (Lipinski definition) is 0. The highest BCUT2D eigenvalue weighted by atomic mass is 32.1. The molecule has 32 heavy (non-hydrogen) atoms. The van der Waals surface area contributed by atoms with Crippen molar-refractivity contribution in [3.05, 3.63) is 57.6 Å². The number of carbonyl (C=O) groups excluding carboxylic acids is 1. The maximum Gasteiger partial charge on any atom is 0.241 e. The van der Waals surface area contributed by atoms with Crippen LogP contribution in [0.1, 0.15) is 28.3 Å². The van der Waals surface area contributed by atoms with Crippen LogP contribution in [0.3, 0.4) is 0 Å². The summed E-state index contributed by atoms with van der Waals surface area (Å²) in [6.45, 7) is 9.00. The van der Waals surface area contributed by atoms with Gasteiger partial charge in [0.05, 0.1) is 6.54 Å². The molecule has 0 saturated carbocycles. The molecule has 1 aromatic carbocycles. The summed E-state index contributed by atoms with van der Waals surface area (Å²) in [5.74, 6) is 1.57. The van der Waals surface area contributed by atoms with Gasteiger partial charge in [-0.25, -0.2) is 0 Å². The van der Waals surface area contributed by atoms with Crippen LogP contribution in [0.25, 0.3) is 11.4 Å². The SMILES string of the molecule is Cc1ccc(-c2noc(CN3CCN(CCC(=O)N4CCc5sccc5C4)CC3)n2)cc1. The standard InChI is InChI=1S/C24H29N5O2S/c1-18-2-4-19(5-3-18)24-25-22(31-26-24)17-28-13-11-27(12-14-28)9-7-23(30)29-10-6-21-20(16-29)8-15-32-21/h2-5,8,15H,6-7,9-14,16-17H2,1H3. The van der Waals surface area contributed by atoms with Gasteiger partial charge in [0.2, 0.25) is 17.6 Å². The molecule has 0 radical (unpaired) electrons. The Morgan fingerprint density at radius 3 is 2.66 bits per heavy atom. The number of nitrogens with zero attached hydrogens (tertiary/aromatic N) is 5. The molecule has 1 fully saturated rings. The van der Waals surface area contributed by atoms with E-state index in [1.807, 2.05) is 28.4 Å². The molecule has 8 heteroatoms. The van der Waals surface area contributed by atoms with Gasteiger partial charge in [0, 0.05) is 62.7 Å². The van der Waals surface area contributed by atoms with Gasteiger partial charge < -0.3 is 14.3 Å². The van der Waals surface area contributed by atoms with Crippen LogP contribution in [0, 0.1) is 6.92 Å². The smallest absolute Gasteiger partial charge is 0.241 e. The van der Waals surface area contributed by atoms with E-state index in [9.17, 15) is 4.79 Å². The Labute approximate surface area is 192 Å². The fourth-order valence-corrected chi connectivity index (χ4v) is 5.26. The first-order chi connectivity index (χ1) is 15.6. The lowest BCUT2D eigenvalue weighted by Gasteiger charge is -2.34. The Hall–Kier alpha value is -2.55. The zero-order valence-corrected chi connectivity index (χ0v) is 19.3. The summed E-state index contributed by atoms with van der Waals surface area (Å²) in [5.41, 5.74) is 3.52. The van der Waals surface area contributed by atoms with E-state index in [0.717, 1.165) is 57.8 Å². The van der Waals surface area contributed by atoms with Gasteiger partial charge >= 0.3 is 0 Å². The molecule has 0 aliphatic carbocycles. The number of carbonyl (C=O) groups is 1. The number of hydrogen-bond acceptors (Lipinski definition) is 7. The van der Waals surface area contributed by atoms with Crippen molar-refractivity contribution in [2.75, 3.05) is 39.3 Å². The largest absolute Gasteiger partial charge is 0.338 e. The summed E-state index contributed by atoms with van der Waals surface area (Å²) >= 11 is 1.81. The number of rotatable bonds is 6. The lowest BCUT2D eigenvalue weighted by atomic mass is 10.1. The minimum Gasteiger partial charge on any atom is -0.338 e. The molecule has 2 aliphatic heterocycles. The summed E-state index contributed by atoms with van der Waals surface area (Å²) in [6.07, 6.45) is 1.60. The Balaban J connectivity index is 1.05. The van der Waals surface area contributed by atoms with Crippen molar-refractivity contribution in [2.45, 2.75) is 32.9 Å². The van der Waals surface area contributed by atoms with Gasteiger partial charge in [0.15, 0.2) is 0 Å². The quantitative estimate of drug-likeness (QED) is 0.574. The van der Waals surface area contributed by atoms with Gasteiger partial charge in [-0.1, -0.05) is 35.0 Å². The number of piperazine rings is 1. The second kappa shape index (κ2) is 9.52. The van der Waals surface area contributed by atoms with Crippen LogP contribution in [0.4, 0.5) is 0 Å². The monoisotopic (exact) mass is 451 g/mol. The van der Waals surface area contributed by atoms with Crippen LogP contribution in [-0.4, -0.2) is 70.0 Å². The number of thiophene rings is 1. The molecule has 0 atom stereocenters. The molecule has 0 N–H and O–H groups in total. The van der Waals surface area contributed by atoms with Gasteiger partial charge in [-0.3, -0.25) is 9.69 Å². The minimum absolute atomic E-state index is 0.277. The molecule has 2 aliphatic rings. The molecule has 4 heterocycles. The van der Waals surface area contributed by atoms with Gasteiger partial charge in [0.25, 0.3) is 0 Å². The highest BCUT2D eigenvalue weighted by molar-refractivity contribution is 7.10. The molecule has 2 aromatic heterocycles. The van der Waals surface area contributed by atoms with Crippen molar-refractivity contribution >= 4 is 17.2 Å². The summed E-state index contributed by atoms with van der Waals surface area (Å²) in [5, 5.41) is 6.27. The fourth-order valence-electron chi connectivity index (χ4n) is 4.37. The molecule has 5 rings (SSSR count). The fraction of sp³-hybridized carbons (Fsp3) is 0.458. The third-order valence-corrected chi connectivity index (χ3v) is 7.43. The van der Waals surface area contributed by atoms with E-state index in [1.165, 1.54) is 16.0 Å². The predicted octanol–water partition coefficient (Wildman–Crippen LogP) is 3.20. The van der Waals surface area contributed by atoms with Crippen molar-refractivity contribution in [1.29, 1.82) is 0 Å². The van der Waals surface area contributed by atoms with E-state index >= 15 is 0 Å². The molecule has 0 unspecified atom stereocenters. The van der Waals surface area contributed by atoms with Crippen LogP contribution >= 0.6 is 11.3 Å². The Kier molecular flexibility index (Phi) is 6.34. The second-order valence-corrected chi connectivity index (χ2v) is 9.68. The van der Waals surface area contributed by atoms with Gasteiger partial charge in [-0.05, 0) is 30.4 Å². The highest BCUT2D eigenvalue weighted by Gasteiger charge is 2.23. The highest BCUT2D eigenvalue weighted by Crippen LogP contribution is 2.24. The Bertz CT molecular complexity index is 1050. The average molecular weight is 452 g/mol. The number of amides is 1. The average Bonchev–Trinajstić information content (AvgIpc) is 3.48. The third kappa shape index (κ3) is 4.92. The van der Waals surface area contributed by atoms with Crippen LogP contribution in [-0.2, 0) is 24.3 Å². The predicted molar refractivity (Wildman–Crippen MR) is 124 cm³/mol. The molecule has 0 spiro atoms. The normalized spacial score (nSPS) is 17.5. The third-order valence-electron chi connectivity index (χ3n) is 6.40. The van der Waals surface area contributed by atoms with E-state index < -0.39 is 0 Å². The Morgan fingerprint density at radius 2 is 1.84 bits per heavy atom. The summed E-state index contributed by atoms with van der Waals surface area (Å²) in [6, 6.07) is 10.3. The number of aromatic nitrogens is 2. The molecular formula is C24H29N5O2S. The van der Waals surface area contributed by atoms with Gasteiger partial charge in [-0.2, -0.15) is 4.98 Å². The van der Waals surface area contributed by atoms with Gasteiger partial charge in [-0.15, -0.1) is 11.3 Å². The van der Waals surface area contributed by atoms with E-state index in [-0.39, 0.29) is 5.91 Å². The van der Waals surface area contributed by atoms with Crippen LogP contribution in [0.15, 0.2) is 40.2 Å². The van der Waals surface area contributed by atoms with E-state index in [2.05, 4.69) is 50.4 Å². The molecule has 7 nitrogen and oxygen atoms in total. The molecular weight excluding hydrogens is 422 g/mol. The van der Waals surface area contributed by atoms with E-state index in [4.69, 9.17) is 4.52 Å². The zero-order chi connectivity index (χ0) is 21.9. The number of benzene rings is 1. The number of aryl methyl sites for hydroxylation is 1. The maximum atomic E-state index is 12.7. The first kappa shape index (κ1) is 21.3. The minimum atomic E-state index is 0.277. The van der Waals surface area contributed by atoms with Crippen molar-refractivity contribution in [1.82, 2.24) is 24.8 Å². The maximum absolute atomic E-state index is 12.7. The zero-order valence-electron chi connectivity index (χ0n) is 18.5. The van der Waals surface area contributed by atoms with Crippen molar-refractivity contribution < 1.29 is 9.32 Å². The summed E-state index contributed by atoms with van der Waals surface area (Å²) < 4.78 is 5.48. The first-order valence-corrected chi connectivity index (χ1v) is 12.2. The van der Waals surface area contributed by atoms with Crippen molar-refractivity contribution in [3.8, 4) is 11.4 Å². The van der Waals surface area contributed by atoms with Crippen LogP contribution < -0.4 is 0 Å². The van der Waals surface area contributed by atoms with Crippen molar-refractivity contribution in [3.63, 3.8) is 0 Å². The molecule has 1 saturated heterocycles. The molecule has 168 valence electrons. The summed E-state index contributed by atoms with van der Waals surface area (Å²) in [4.78, 5) is 25.4. The van der Waals surface area contributed by atoms with E-state index in [0.29, 0.717) is 24.7 Å². The molecule has 1 amide bonds. The van der Waals surface area contributed by atoms with E-state index in [1.54, 1.807) is 0 Å². The van der Waals surface area contributed by atoms with Crippen LogP contribution in [0.2, 0.25) is 0 Å². The topological polar surface area (TPSA) is 65.7 Å². The first-order valence-electron chi connectivity index (χ1n) is 11.3. The molecule has 0 bridgehead atoms.